The molecule has 0 heterocycles. The van der Waals surface area contributed by atoms with Crippen LogP contribution in [0, 0.1) is 35.5 Å². The van der Waals surface area contributed by atoms with Crippen LogP contribution in [0.4, 0.5) is 35.1 Å². The van der Waals surface area contributed by atoms with Gasteiger partial charge in [-0.3, -0.25) is 4.39 Å². The second-order valence-electron chi connectivity index (χ2n) is 12.9. The molecule has 0 atom stereocenters. The molecule has 0 radical (unpaired) electrons. The van der Waals surface area contributed by atoms with Crippen molar-refractivity contribution in [3.8, 4) is 11.5 Å². The maximum atomic E-state index is 15.1. The molecule has 248 valence electrons. The van der Waals surface area contributed by atoms with Crippen molar-refractivity contribution in [3.05, 3.63) is 48.1 Å². The van der Waals surface area contributed by atoms with Crippen LogP contribution in [-0.4, -0.2) is 19.1 Å². The van der Waals surface area contributed by atoms with Gasteiger partial charge in [0.25, 0.3) is 0 Å². The minimum absolute atomic E-state index is 0.153. The summed E-state index contributed by atoms with van der Waals surface area (Å²) < 4.78 is 118. The minimum atomic E-state index is -4.87. The standard InChI is InChI=1S/C34H44F8O2/c35-22-2-1-3-23-6-12-26(13-7-23)31(36)32(37)27-14-8-24(9-15-27)4-5-25-10-16-28(17-11-25)33(38,39)43-29-18-20-30(21-19-29)44-34(40,41)42/h4-5,18-21,23-28H,1-3,6-17,22H2/b5-4+,32-31+. The van der Waals surface area contributed by atoms with Gasteiger partial charge in [-0.1, -0.05) is 25.0 Å². The van der Waals surface area contributed by atoms with Crippen molar-refractivity contribution in [2.45, 2.75) is 109 Å². The van der Waals surface area contributed by atoms with E-state index < -0.39 is 35.8 Å². The Morgan fingerprint density at radius 1 is 0.636 bits per heavy atom. The summed E-state index contributed by atoms with van der Waals surface area (Å²) in [7, 11) is 0. The van der Waals surface area contributed by atoms with Crippen LogP contribution in [0.2, 0.25) is 0 Å². The Kier molecular flexibility index (Phi) is 12.5. The highest BCUT2D eigenvalue weighted by Crippen LogP contribution is 2.43. The number of hydrogen-bond acceptors (Lipinski definition) is 2. The first-order chi connectivity index (χ1) is 20.9. The average molecular weight is 637 g/mol. The lowest BCUT2D eigenvalue weighted by Gasteiger charge is -2.33. The summed E-state index contributed by atoms with van der Waals surface area (Å²) in [6.45, 7) is -0.299. The molecular weight excluding hydrogens is 592 g/mol. The lowest BCUT2D eigenvalue weighted by atomic mass is 9.76. The number of benzene rings is 1. The first-order valence-electron chi connectivity index (χ1n) is 16.2. The van der Waals surface area contributed by atoms with Crippen molar-refractivity contribution in [1.82, 2.24) is 0 Å². The lowest BCUT2D eigenvalue weighted by molar-refractivity contribution is -0.274. The second-order valence-corrected chi connectivity index (χ2v) is 12.9. The Balaban J connectivity index is 1.17. The summed E-state index contributed by atoms with van der Waals surface area (Å²) in [5.41, 5.74) is 0. The number of allylic oxidation sites excluding steroid dienone is 4. The van der Waals surface area contributed by atoms with Crippen LogP contribution in [-0.2, 0) is 0 Å². The molecule has 3 fully saturated rings. The Bertz CT molecular complexity index is 1060. The zero-order chi connectivity index (χ0) is 31.7. The van der Waals surface area contributed by atoms with Gasteiger partial charge in [-0.15, -0.1) is 13.2 Å². The van der Waals surface area contributed by atoms with Crippen LogP contribution in [0.3, 0.4) is 0 Å². The summed E-state index contributed by atoms with van der Waals surface area (Å²) in [6, 6.07) is 3.92. The smallest absolute Gasteiger partial charge is 0.432 e. The number of rotatable bonds is 12. The van der Waals surface area contributed by atoms with Crippen molar-refractivity contribution in [2.75, 3.05) is 6.67 Å². The van der Waals surface area contributed by atoms with E-state index in [9.17, 15) is 26.3 Å². The van der Waals surface area contributed by atoms with Gasteiger partial charge < -0.3 is 9.47 Å². The zero-order valence-corrected chi connectivity index (χ0v) is 25.1. The van der Waals surface area contributed by atoms with Crippen molar-refractivity contribution >= 4 is 0 Å². The van der Waals surface area contributed by atoms with E-state index in [4.69, 9.17) is 4.74 Å². The van der Waals surface area contributed by atoms with Crippen LogP contribution in [0.1, 0.15) is 96.3 Å². The first kappa shape index (κ1) is 34.6. The van der Waals surface area contributed by atoms with Gasteiger partial charge >= 0.3 is 12.5 Å². The van der Waals surface area contributed by atoms with Gasteiger partial charge in [-0.05, 0) is 125 Å². The van der Waals surface area contributed by atoms with Crippen molar-refractivity contribution < 1.29 is 44.6 Å². The number of unbranched alkanes of at least 4 members (excludes halogenated alkanes) is 1. The quantitative estimate of drug-likeness (QED) is 0.129. The summed E-state index contributed by atoms with van der Waals surface area (Å²) in [6.07, 6.45) is 5.66. The molecule has 3 aliphatic carbocycles. The highest BCUT2D eigenvalue weighted by molar-refractivity contribution is 5.31. The third-order valence-electron chi connectivity index (χ3n) is 9.77. The summed E-state index contributed by atoms with van der Waals surface area (Å²) in [4.78, 5) is 0. The number of halogens is 8. The molecule has 2 nitrogen and oxygen atoms in total. The van der Waals surface area contributed by atoms with Crippen molar-refractivity contribution in [3.63, 3.8) is 0 Å². The fourth-order valence-corrected chi connectivity index (χ4v) is 7.10. The molecule has 0 spiro atoms. The second kappa shape index (κ2) is 15.8. The van der Waals surface area contributed by atoms with E-state index >= 15 is 8.78 Å². The van der Waals surface area contributed by atoms with Gasteiger partial charge in [-0.2, -0.15) is 8.78 Å². The normalized spacial score (nSPS) is 29.4. The first-order valence-corrected chi connectivity index (χ1v) is 16.2. The molecule has 0 N–H and O–H groups in total. The number of alkyl halides is 6. The van der Waals surface area contributed by atoms with E-state index in [1.165, 1.54) is 0 Å². The van der Waals surface area contributed by atoms with Crippen LogP contribution in [0.15, 0.2) is 48.1 Å². The fraction of sp³-hybridized carbons (Fsp3) is 0.706. The SMILES string of the molecule is FCCCCC1CCC(/C(F)=C(\F)C2CCC(/C=C/C3CCC(C(F)(F)Oc4ccc(OC(F)(F)F)cc4)CC3)CC2)CC1. The average Bonchev–Trinajstić information content (AvgIpc) is 3.00. The third-order valence-corrected chi connectivity index (χ3v) is 9.77. The van der Waals surface area contributed by atoms with Gasteiger partial charge in [0, 0.05) is 11.8 Å². The molecule has 0 unspecified atom stereocenters. The molecule has 1 aromatic carbocycles. The highest BCUT2D eigenvalue weighted by Gasteiger charge is 2.44. The van der Waals surface area contributed by atoms with Gasteiger partial charge in [0.1, 0.15) is 23.2 Å². The largest absolute Gasteiger partial charge is 0.573 e. The molecule has 0 aromatic heterocycles. The fourth-order valence-electron chi connectivity index (χ4n) is 7.10. The van der Waals surface area contributed by atoms with Crippen LogP contribution in [0.5, 0.6) is 11.5 Å². The summed E-state index contributed by atoms with van der Waals surface area (Å²) >= 11 is 0. The third kappa shape index (κ3) is 10.4. The molecule has 3 saturated carbocycles. The van der Waals surface area contributed by atoms with Crippen molar-refractivity contribution in [2.24, 2.45) is 35.5 Å². The van der Waals surface area contributed by atoms with E-state index in [1.807, 2.05) is 0 Å². The van der Waals surface area contributed by atoms with Crippen molar-refractivity contribution in [1.29, 1.82) is 0 Å². The minimum Gasteiger partial charge on any atom is -0.432 e. The maximum Gasteiger partial charge on any atom is 0.573 e. The molecule has 0 bridgehead atoms. The number of ether oxygens (including phenoxy) is 2. The van der Waals surface area contributed by atoms with E-state index in [0.29, 0.717) is 50.9 Å². The van der Waals surface area contributed by atoms with Crippen LogP contribution >= 0.6 is 0 Å². The highest BCUT2D eigenvalue weighted by atomic mass is 19.4. The molecule has 10 heteroatoms. The Labute approximate surface area is 255 Å². The zero-order valence-electron chi connectivity index (χ0n) is 25.1. The summed E-state index contributed by atoms with van der Waals surface area (Å²) in [5.74, 6) is -2.70. The topological polar surface area (TPSA) is 18.5 Å². The Morgan fingerprint density at radius 3 is 1.57 bits per heavy atom. The predicted molar refractivity (Wildman–Crippen MR) is 153 cm³/mol. The molecule has 1 aromatic rings. The monoisotopic (exact) mass is 636 g/mol. The Hall–Kier alpha value is -2.26. The van der Waals surface area contributed by atoms with E-state index in [1.54, 1.807) is 0 Å². The molecule has 44 heavy (non-hydrogen) atoms. The maximum absolute atomic E-state index is 15.1. The van der Waals surface area contributed by atoms with E-state index in [2.05, 4.69) is 16.9 Å². The van der Waals surface area contributed by atoms with Gasteiger partial charge in [0.15, 0.2) is 0 Å². The van der Waals surface area contributed by atoms with Gasteiger partial charge in [0.05, 0.1) is 12.6 Å². The molecule has 3 aliphatic rings. The van der Waals surface area contributed by atoms with Crippen LogP contribution in [0.25, 0.3) is 0 Å². The molecule has 4 rings (SSSR count). The molecular formula is C34H44F8O2. The molecule has 0 aliphatic heterocycles. The lowest BCUT2D eigenvalue weighted by Crippen LogP contribution is -2.37. The molecule has 0 saturated heterocycles. The number of hydrogen-bond donors (Lipinski definition) is 0. The molecule has 0 amide bonds. The van der Waals surface area contributed by atoms with E-state index in [0.717, 1.165) is 62.8 Å². The predicted octanol–water partition coefficient (Wildman–Crippen LogP) is 11.8. The summed E-state index contributed by atoms with van der Waals surface area (Å²) in [5, 5.41) is 0. The van der Waals surface area contributed by atoms with Gasteiger partial charge in [0.2, 0.25) is 0 Å². The Morgan fingerprint density at radius 2 is 1.09 bits per heavy atom. The van der Waals surface area contributed by atoms with Gasteiger partial charge in [-0.25, -0.2) is 8.78 Å². The van der Waals surface area contributed by atoms with E-state index in [-0.39, 0.29) is 48.9 Å². The van der Waals surface area contributed by atoms with Crippen LogP contribution < -0.4 is 9.47 Å².